The highest BCUT2D eigenvalue weighted by Crippen LogP contribution is 2.13. The molecule has 0 spiro atoms. The van der Waals surface area contributed by atoms with Gasteiger partial charge in [-0.3, -0.25) is 4.79 Å². The van der Waals surface area contributed by atoms with Crippen molar-refractivity contribution in [1.29, 1.82) is 0 Å². The summed E-state index contributed by atoms with van der Waals surface area (Å²) in [5, 5.41) is 0. The third kappa shape index (κ3) is 18.8. The van der Waals surface area contributed by atoms with Gasteiger partial charge in [-0.1, -0.05) is 102 Å². The molecule has 0 saturated heterocycles. The molecule has 0 heterocycles. The normalized spacial score (nSPS) is 11.4. The lowest BCUT2D eigenvalue weighted by molar-refractivity contribution is -0.156. The van der Waals surface area contributed by atoms with Gasteiger partial charge in [0.2, 0.25) is 0 Å². The molecule has 0 aromatic rings. The number of rotatable bonds is 16. The van der Waals surface area contributed by atoms with Crippen LogP contribution in [0.4, 0.5) is 0 Å². The summed E-state index contributed by atoms with van der Waals surface area (Å²) >= 11 is 0. The monoisotopic (exact) mass is 350 g/mol. The Balaban J connectivity index is 3.32. The van der Waals surface area contributed by atoms with Gasteiger partial charge in [-0.15, -0.1) is 0 Å². The van der Waals surface area contributed by atoms with Crippen molar-refractivity contribution >= 4 is 11.9 Å². The zero-order chi connectivity index (χ0) is 18.6. The van der Waals surface area contributed by atoms with Crippen molar-refractivity contribution in [3.8, 4) is 0 Å². The minimum absolute atomic E-state index is 0.334. The number of ether oxygens (including phenoxy) is 1. The second-order valence-electron chi connectivity index (χ2n) is 6.67. The smallest absolute Gasteiger partial charge is 0.338 e. The summed E-state index contributed by atoms with van der Waals surface area (Å²) in [6, 6.07) is 0. The van der Waals surface area contributed by atoms with Gasteiger partial charge in [-0.2, -0.15) is 0 Å². The van der Waals surface area contributed by atoms with Crippen LogP contribution in [0.3, 0.4) is 0 Å². The van der Waals surface area contributed by atoms with Gasteiger partial charge in [0, 0.05) is 12.5 Å². The molecule has 0 aliphatic rings. The molecule has 0 unspecified atom stereocenters. The Bertz CT molecular complexity index is 383. The van der Waals surface area contributed by atoms with Gasteiger partial charge in [0.15, 0.2) is 0 Å². The molecule has 0 saturated carbocycles. The third-order valence-corrected chi connectivity index (χ3v) is 4.23. The van der Waals surface area contributed by atoms with E-state index >= 15 is 0 Å². The lowest BCUT2D eigenvalue weighted by Crippen LogP contribution is -2.09. The number of carbonyl (C=O) groups is 2. The van der Waals surface area contributed by atoms with Gasteiger partial charge < -0.3 is 4.74 Å². The molecule has 0 aromatic carbocycles. The second-order valence-corrected chi connectivity index (χ2v) is 6.67. The highest BCUT2D eigenvalue weighted by Gasteiger charge is 2.06. The van der Waals surface area contributed by atoms with Gasteiger partial charge >= 0.3 is 11.9 Å². The molecule has 0 N–H and O–H groups in total. The maximum atomic E-state index is 11.5. The summed E-state index contributed by atoms with van der Waals surface area (Å²) in [5.41, 5.74) is 0. The van der Waals surface area contributed by atoms with E-state index in [1.807, 2.05) is 6.92 Å². The van der Waals surface area contributed by atoms with E-state index < -0.39 is 11.9 Å². The average Bonchev–Trinajstić information content (AvgIpc) is 2.59. The quantitative estimate of drug-likeness (QED) is 0.103. The van der Waals surface area contributed by atoms with E-state index in [9.17, 15) is 9.59 Å². The summed E-state index contributed by atoms with van der Waals surface area (Å²) in [7, 11) is 0. The molecule has 0 aliphatic carbocycles. The van der Waals surface area contributed by atoms with Crippen molar-refractivity contribution < 1.29 is 14.3 Å². The van der Waals surface area contributed by atoms with Gasteiger partial charge in [0.1, 0.15) is 0 Å². The van der Waals surface area contributed by atoms with Crippen molar-refractivity contribution in [2.24, 2.45) is 0 Å². The largest absolute Gasteiger partial charge is 0.390 e. The summed E-state index contributed by atoms with van der Waals surface area (Å²) < 4.78 is 4.71. The predicted molar refractivity (Wildman–Crippen MR) is 105 cm³/mol. The Morgan fingerprint density at radius 1 is 0.720 bits per heavy atom. The van der Waals surface area contributed by atoms with Gasteiger partial charge in [0.05, 0.1) is 0 Å². The van der Waals surface area contributed by atoms with E-state index in [2.05, 4.69) is 6.92 Å². The van der Waals surface area contributed by atoms with Crippen molar-refractivity contribution in [2.75, 3.05) is 0 Å². The van der Waals surface area contributed by atoms with Crippen molar-refractivity contribution in [3.63, 3.8) is 0 Å². The fourth-order valence-corrected chi connectivity index (χ4v) is 2.73. The van der Waals surface area contributed by atoms with Crippen LogP contribution in [0.1, 0.15) is 104 Å². The molecule has 0 rings (SSSR count). The van der Waals surface area contributed by atoms with E-state index in [1.165, 1.54) is 76.7 Å². The van der Waals surface area contributed by atoms with Crippen LogP contribution in [0.25, 0.3) is 0 Å². The average molecular weight is 351 g/mol. The number of esters is 2. The van der Waals surface area contributed by atoms with Crippen LogP contribution in [0.15, 0.2) is 24.3 Å². The van der Waals surface area contributed by atoms with Gasteiger partial charge in [0.25, 0.3) is 0 Å². The maximum Gasteiger partial charge on any atom is 0.338 e. The molecule has 3 nitrogen and oxygen atoms in total. The first-order valence-electron chi connectivity index (χ1n) is 10.2. The fourth-order valence-electron chi connectivity index (χ4n) is 2.73. The first-order chi connectivity index (χ1) is 12.2. The molecular formula is C22H38O3. The molecular weight excluding hydrogens is 312 g/mol. The Morgan fingerprint density at radius 2 is 1.20 bits per heavy atom. The van der Waals surface area contributed by atoms with E-state index in [0.717, 1.165) is 12.8 Å². The molecule has 3 heteroatoms. The van der Waals surface area contributed by atoms with Crippen molar-refractivity contribution in [2.45, 2.75) is 104 Å². The number of unbranched alkanes of at least 4 members (excludes halogenated alkanes) is 12. The zero-order valence-electron chi connectivity index (χ0n) is 16.4. The van der Waals surface area contributed by atoms with Crippen LogP contribution >= 0.6 is 0 Å². The van der Waals surface area contributed by atoms with E-state index in [-0.39, 0.29) is 0 Å². The first kappa shape index (κ1) is 23.6. The van der Waals surface area contributed by atoms with Crippen molar-refractivity contribution in [1.82, 2.24) is 0 Å². The number of carbonyl (C=O) groups excluding carboxylic acids is 2. The van der Waals surface area contributed by atoms with E-state index in [1.54, 1.807) is 18.2 Å². The molecule has 0 radical (unpaired) electrons. The lowest BCUT2D eigenvalue weighted by Gasteiger charge is -2.03. The molecule has 25 heavy (non-hydrogen) atoms. The third-order valence-electron chi connectivity index (χ3n) is 4.23. The Hall–Kier alpha value is -1.38. The number of hydrogen-bond acceptors (Lipinski definition) is 3. The number of hydrogen-bond donors (Lipinski definition) is 0. The molecule has 0 fully saturated rings. The predicted octanol–water partition coefficient (Wildman–Crippen LogP) is 6.67. The number of allylic oxidation sites excluding steroid dienone is 3. The molecule has 144 valence electrons. The standard InChI is InChI=1S/C22H38O3/c1-3-5-7-8-9-10-11-12-13-14-15-16-18-20-22(24)25-21(23)19-17-6-4-2/h4,6,17,19H,3,5,7-16,18,20H2,1-2H3. The summed E-state index contributed by atoms with van der Waals surface area (Å²) in [6.45, 7) is 4.11. The van der Waals surface area contributed by atoms with Crippen LogP contribution in [0.2, 0.25) is 0 Å². The molecule has 0 bridgehead atoms. The molecule has 0 aliphatic heterocycles. The minimum atomic E-state index is -0.585. The lowest BCUT2D eigenvalue weighted by atomic mass is 10.0. The molecule has 0 amide bonds. The molecule has 0 atom stereocenters. The Labute approximate surface area is 154 Å². The fraction of sp³-hybridized carbons (Fsp3) is 0.727. The van der Waals surface area contributed by atoms with Gasteiger partial charge in [-0.25, -0.2) is 4.79 Å². The van der Waals surface area contributed by atoms with E-state index in [0.29, 0.717) is 6.42 Å². The maximum absolute atomic E-state index is 11.5. The minimum Gasteiger partial charge on any atom is -0.390 e. The SMILES string of the molecule is CC=CC=CC(=O)OC(=O)CCCCCCCCCCCCCCC. The van der Waals surface area contributed by atoms with Crippen LogP contribution in [0, 0.1) is 0 Å². The highest BCUT2D eigenvalue weighted by molar-refractivity contribution is 5.92. The van der Waals surface area contributed by atoms with Crippen LogP contribution in [0.5, 0.6) is 0 Å². The second kappa shape index (κ2) is 19.0. The van der Waals surface area contributed by atoms with Crippen molar-refractivity contribution in [3.05, 3.63) is 24.3 Å². The van der Waals surface area contributed by atoms with Crippen LogP contribution in [-0.4, -0.2) is 11.9 Å². The molecule has 0 aromatic heterocycles. The van der Waals surface area contributed by atoms with Gasteiger partial charge in [-0.05, 0) is 13.3 Å². The highest BCUT2D eigenvalue weighted by atomic mass is 16.6. The van der Waals surface area contributed by atoms with Crippen LogP contribution in [-0.2, 0) is 14.3 Å². The summed E-state index contributed by atoms with van der Waals surface area (Å²) in [6.07, 6.45) is 23.2. The summed E-state index contributed by atoms with van der Waals surface area (Å²) in [5.74, 6) is -1.00. The Morgan fingerprint density at radius 3 is 1.68 bits per heavy atom. The summed E-state index contributed by atoms with van der Waals surface area (Å²) in [4.78, 5) is 22.8. The Kier molecular flexibility index (Phi) is 17.9. The topological polar surface area (TPSA) is 43.4 Å². The first-order valence-corrected chi connectivity index (χ1v) is 10.2. The van der Waals surface area contributed by atoms with E-state index in [4.69, 9.17) is 4.74 Å². The van der Waals surface area contributed by atoms with Crippen LogP contribution < -0.4 is 0 Å². The zero-order valence-corrected chi connectivity index (χ0v) is 16.4.